The Morgan fingerprint density at radius 2 is 1.40 bits per heavy atom. The number of hydrogen-bond acceptors (Lipinski definition) is 4. The zero-order valence-electron chi connectivity index (χ0n) is 13.2. The Bertz CT molecular complexity index is 939. The van der Waals surface area contributed by atoms with Crippen LogP contribution in [0.15, 0.2) is 47.4 Å². The molecule has 6 nitrogen and oxygen atoms in total. The van der Waals surface area contributed by atoms with Gasteiger partial charge in [-0.05, 0) is 36.4 Å². The number of sulfonamides is 2. The van der Waals surface area contributed by atoms with E-state index in [1.807, 2.05) is 0 Å². The normalized spacial score (nSPS) is 12.3. The summed E-state index contributed by atoms with van der Waals surface area (Å²) in [7, 11) is -5.77. The van der Waals surface area contributed by atoms with Gasteiger partial charge in [-0.25, -0.2) is 26.3 Å². The molecule has 0 unspecified atom stereocenters. The fourth-order valence-electron chi connectivity index (χ4n) is 1.99. The minimum Gasteiger partial charge on any atom is -0.218 e. The fraction of sp³-hybridized carbons (Fsp3) is 0.200. The van der Waals surface area contributed by atoms with Crippen molar-refractivity contribution in [1.82, 2.24) is 9.44 Å². The number of halogens is 2. The Morgan fingerprint density at radius 1 is 0.880 bits per heavy atom. The van der Waals surface area contributed by atoms with Crippen LogP contribution in [0.3, 0.4) is 0 Å². The van der Waals surface area contributed by atoms with Crippen LogP contribution in [0.25, 0.3) is 0 Å². The summed E-state index contributed by atoms with van der Waals surface area (Å²) in [5.41, 5.74) is 1.28. The first kappa shape index (κ1) is 20.2. The maximum atomic E-state index is 12.3. The highest BCUT2D eigenvalue weighted by atomic mass is 35.5. The average molecular weight is 423 g/mol. The first-order chi connectivity index (χ1) is 11.6. The van der Waals surface area contributed by atoms with Gasteiger partial charge in [0, 0.05) is 16.6 Å². The van der Waals surface area contributed by atoms with Crippen molar-refractivity contribution in [3.63, 3.8) is 0 Å². The van der Waals surface area contributed by atoms with E-state index in [-0.39, 0.29) is 27.2 Å². The van der Waals surface area contributed by atoms with E-state index in [0.717, 1.165) is 0 Å². The summed E-state index contributed by atoms with van der Waals surface area (Å²) in [6.07, 6.45) is 0. The highest BCUT2D eigenvalue weighted by Gasteiger charge is 2.15. The molecular formula is C15H16Cl2N2O4S2. The average Bonchev–Trinajstić information content (AvgIpc) is 2.53. The first-order valence-corrected chi connectivity index (χ1v) is 11.0. The smallest absolute Gasteiger partial charge is 0.218 e. The second kappa shape index (κ2) is 8.03. The second-order valence-corrected chi connectivity index (χ2v) is 9.78. The summed E-state index contributed by atoms with van der Waals surface area (Å²) in [4.78, 5) is -0.0262. The maximum Gasteiger partial charge on any atom is 0.240 e. The predicted octanol–water partition coefficient (Wildman–Crippen LogP) is 2.52. The lowest BCUT2D eigenvalue weighted by Gasteiger charge is -2.09. The van der Waals surface area contributed by atoms with Crippen molar-refractivity contribution in [2.75, 3.05) is 7.05 Å². The van der Waals surface area contributed by atoms with Crippen molar-refractivity contribution < 1.29 is 16.8 Å². The molecule has 25 heavy (non-hydrogen) atoms. The van der Waals surface area contributed by atoms with Gasteiger partial charge in [0.2, 0.25) is 20.0 Å². The standard InChI is InChI=1S/C15H16Cl2N2O4S2/c1-18-24(20,21)10-12-4-2-11(3-5-12)9-19-25(22,23)15-7-13(16)6-14(17)8-15/h2-8,18-19H,9-10H2,1H3. The molecule has 0 aliphatic carbocycles. The topological polar surface area (TPSA) is 92.3 Å². The Balaban J connectivity index is 2.08. The molecular weight excluding hydrogens is 407 g/mol. The molecule has 0 aromatic heterocycles. The van der Waals surface area contributed by atoms with Gasteiger partial charge in [-0.15, -0.1) is 0 Å². The third-order valence-electron chi connectivity index (χ3n) is 3.30. The minimum atomic E-state index is -3.77. The fourth-order valence-corrected chi connectivity index (χ4v) is 4.51. The molecule has 0 bridgehead atoms. The molecule has 0 heterocycles. The Labute approximate surface area is 157 Å². The van der Waals surface area contributed by atoms with Crippen LogP contribution in [0.2, 0.25) is 10.0 Å². The van der Waals surface area contributed by atoms with Crippen molar-refractivity contribution in [2.45, 2.75) is 17.2 Å². The molecule has 0 amide bonds. The summed E-state index contributed by atoms with van der Waals surface area (Å²) >= 11 is 11.6. The van der Waals surface area contributed by atoms with Crippen molar-refractivity contribution in [3.05, 3.63) is 63.6 Å². The van der Waals surface area contributed by atoms with E-state index in [9.17, 15) is 16.8 Å². The Morgan fingerprint density at radius 3 is 1.92 bits per heavy atom. The Hall–Kier alpha value is -1.16. The van der Waals surface area contributed by atoms with Crippen LogP contribution in [0.1, 0.15) is 11.1 Å². The van der Waals surface area contributed by atoms with Gasteiger partial charge in [0.25, 0.3) is 0 Å². The Kier molecular flexibility index (Phi) is 6.47. The van der Waals surface area contributed by atoms with Crippen LogP contribution in [0.4, 0.5) is 0 Å². The van der Waals surface area contributed by atoms with Crippen molar-refractivity contribution >= 4 is 43.2 Å². The van der Waals surface area contributed by atoms with Gasteiger partial charge in [-0.1, -0.05) is 47.5 Å². The summed E-state index contributed by atoms with van der Waals surface area (Å²) in [6.45, 7) is 0.0471. The minimum absolute atomic E-state index is 0.0262. The molecule has 2 rings (SSSR count). The molecule has 0 aliphatic heterocycles. The predicted molar refractivity (Wildman–Crippen MR) is 98.6 cm³/mol. The number of rotatable bonds is 7. The maximum absolute atomic E-state index is 12.3. The van der Waals surface area contributed by atoms with Crippen molar-refractivity contribution in [3.8, 4) is 0 Å². The van der Waals surface area contributed by atoms with Gasteiger partial charge < -0.3 is 0 Å². The molecule has 2 aromatic carbocycles. The van der Waals surface area contributed by atoms with Crippen LogP contribution < -0.4 is 9.44 Å². The van der Waals surface area contributed by atoms with E-state index in [2.05, 4.69) is 9.44 Å². The third-order valence-corrected chi connectivity index (χ3v) is 6.46. The molecule has 2 aromatic rings. The lowest BCUT2D eigenvalue weighted by Crippen LogP contribution is -2.23. The van der Waals surface area contributed by atoms with Crippen LogP contribution >= 0.6 is 23.2 Å². The molecule has 136 valence electrons. The van der Waals surface area contributed by atoms with Crippen molar-refractivity contribution in [2.24, 2.45) is 0 Å². The van der Waals surface area contributed by atoms with Gasteiger partial charge in [-0.2, -0.15) is 0 Å². The zero-order chi connectivity index (χ0) is 18.7. The summed E-state index contributed by atoms with van der Waals surface area (Å²) in [5.74, 6) is -0.142. The molecule has 10 heteroatoms. The highest BCUT2D eigenvalue weighted by Crippen LogP contribution is 2.22. The molecule has 0 radical (unpaired) electrons. The van der Waals surface area contributed by atoms with E-state index in [4.69, 9.17) is 23.2 Å². The molecule has 0 spiro atoms. The van der Waals surface area contributed by atoms with Crippen molar-refractivity contribution in [1.29, 1.82) is 0 Å². The van der Waals surface area contributed by atoms with Gasteiger partial charge in [0.15, 0.2) is 0 Å². The van der Waals surface area contributed by atoms with E-state index < -0.39 is 20.0 Å². The SMILES string of the molecule is CNS(=O)(=O)Cc1ccc(CNS(=O)(=O)c2cc(Cl)cc(Cl)c2)cc1. The van der Waals surface area contributed by atoms with E-state index >= 15 is 0 Å². The molecule has 0 saturated carbocycles. The molecule has 0 saturated heterocycles. The van der Waals surface area contributed by atoms with Gasteiger partial charge in [0.1, 0.15) is 0 Å². The second-order valence-electron chi connectivity index (χ2n) is 5.21. The summed E-state index contributed by atoms with van der Waals surface area (Å²) in [6, 6.07) is 10.6. The number of hydrogen-bond donors (Lipinski definition) is 2. The summed E-state index contributed by atoms with van der Waals surface area (Å²) in [5, 5.41) is 0.450. The van der Waals surface area contributed by atoms with Gasteiger partial charge in [-0.3, -0.25) is 0 Å². The lowest BCUT2D eigenvalue weighted by molar-refractivity contribution is 0.581. The third kappa shape index (κ3) is 5.95. The first-order valence-electron chi connectivity index (χ1n) is 7.06. The number of benzene rings is 2. The van der Waals surface area contributed by atoms with Gasteiger partial charge >= 0.3 is 0 Å². The highest BCUT2D eigenvalue weighted by molar-refractivity contribution is 7.89. The monoisotopic (exact) mass is 422 g/mol. The van der Waals surface area contributed by atoms with E-state index in [1.54, 1.807) is 24.3 Å². The quantitative estimate of drug-likeness (QED) is 0.716. The number of nitrogens with one attached hydrogen (secondary N) is 2. The van der Waals surface area contributed by atoms with Crippen LogP contribution in [0, 0.1) is 0 Å². The molecule has 0 fully saturated rings. The molecule has 0 aliphatic rings. The largest absolute Gasteiger partial charge is 0.240 e. The van der Waals surface area contributed by atoms with Crippen LogP contribution in [-0.2, 0) is 32.3 Å². The molecule has 2 N–H and O–H groups in total. The van der Waals surface area contributed by atoms with Gasteiger partial charge in [0.05, 0.1) is 10.6 Å². The molecule has 0 atom stereocenters. The lowest BCUT2D eigenvalue weighted by atomic mass is 10.1. The van der Waals surface area contributed by atoms with E-state index in [1.165, 1.54) is 25.2 Å². The zero-order valence-corrected chi connectivity index (χ0v) is 16.3. The van der Waals surface area contributed by atoms with E-state index in [0.29, 0.717) is 11.1 Å². The summed E-state index contributed by atoms with van der Waals surface area (Å²) < 4.78 is 52.3. The van der Waals surface area contributed by atoms with Crippen LogP contribution in [0.5, 0.6) is 0 Å². The van der Waals surface area contributed by atoms with Crippen LogP contribution in [-0.4, -0.2) is 23.9 Å².